The first-order valence-corrected chi connectivity index (χ1v) is 12.1. The first-order valence-electron chi connectivity index (χ1n) is 12.1. The Morgan fingerprint density at radius 1 is 0.941 bits per heavy atom. The van der Waals surface area contributed by atoms with Crippen LogP contribution in [0.2, 0.25) is 0 Å². The molecule has 7 nitrogen and oxygen atoms in total. The number of rotatable bonds is 6. The summed E-state index contributed by atoms with van der Waals surface area (Å²) in [5.74, 6) is 0.373. The molecule has 34 heavy (non-hydrogen) atoms. The van der Waals surface area contributed by atoms with Crippen molar-refractivity contribution in [2.24, 2.45) is 5.92 Å². The van der Waals surface area contributed by atoms with Crippen molar-refractivity contribution in [3.63, 3.8) is 0 Å². The summed E-state index contributed by atoms with van der Waals surface area (Å²) in [7, 11) is 1.58. The average Bonchev–Trinajstić information content (AvgIpc) is 3.42. The SMILES string of the molecule is COc1cccc(C(=O)N2CCC(C(NC(=O)c3ccccc3C)C(=O)N3CCCC3)CC2)c1. The fraction of sp³-hybridized carbons (Fsp3) is 0.444. The van der Waals surface area contributed by atoms with Gasteiger partial charge in [-0.3, -0.25) is 14.4 Å². The van der Waals surface area contributed by atoms with Crippen LogP contribution in [0.4, 0.5) is 0 Å². The van der Waals surface area contributed by atoms with Gasteiger partial charge in [0.1, 0.15) is 11.8 Å². The van der Waals surface area contributed by atoms with Gasteiger partial charge in [-0.15, -0.1) is 0 Å². The van der Waals surface area contributed by atoms with Crippen LogP contribution < -0.4 is 10.1 Å². The number of carbonyl (C=O) groups excluding carboxylic acids is 3. The summed E-state index contributed by atoms with van der Waals surface area (Å²) in [5.41, 5.74) is 2.06. The second-order valence-electron chi connectivity index (χ2n) is 9.16. The Labute approximate surface area is 201 Å². The molecule has 1 atom stereocenters. The minimum absolute atomic E-state index is 0.00277. The molecule has 0 spiro atoms. The largest absolute Gasteiger partial charge is 0.497 e. The van der Waals surface area contributed by atoms with E-state index in [1.165, 1.54) is 0 Å². The van der Waals surface area contributed by atoms with Crippen molar-refractivity contribution in [2.75, 3.05) is 33.3 Å². The zero-order chi connectivity index (χ0) is 24.1. The smallest absolute Gasteiger partial charge is 0.253 e. The lowest BCUT2D eigenvalue weighted by Crippen LogP contribution is -2.54. The normalized spacial score (nSPS) is 17.4. The van der Waals surface area contributed by atoms with Gasteiger partial charge in [0.15, 0.2) is 0 Å². The fourth-order valence-corrected chi connectivity index (χ4v) is 4.94. The number of amides is 3. The van der Waals surface area contributed by atoms with Crippen molar-refractivity contribution in [1.29, 1.82) is 0 Å². The van der Waals surface area contributed by atoms with Crippen LogP contribution >= 0.6 is 0 Å². The molecule has 7 heteroatoms. The summed E-state index contributed by atoms with van der Waals surface area (Å²) in [6.45, 7) is 4.47. The zero-order valence-electron chi connectivity index (χ0n) is 20.0. The number of nitrogens with zero attached hydrogens (tertiary/aromatic N) is 2. The average molecular weight is 464 g/mol. The second kappa shape index (κ2) is 10.7. The Morgan fingerprint density at radius 3 is 2.32 bits per heavy atom. The number of hydrogen-bond donors (Lipinski definition) is 1. The van der Waals surface area contributed by atoms with Crippen LogP contribution in [0.1, 0.15) is 52.0 Å². The van der Waals surface area contributed by atoms with Crippen LogP contribution in [-0.2, 0) is 4.79 Å². The molecule has 0 bridgehead atoms. The van der Waals surface area contributed by atoms with Crippen LogP contribution in [0.25, 0.3) is 0 Å². The quantitative estimate of drug-likeness (QED) is 0.713. The molecule has 3 amide bonds. The Kier molecular flexibility index (Phi) is 7.50. The summed E-state index contributed by atoms with van der Waals surface area (Å²) in [6.07, 6.45) is 3.32. The van der Waals surface area contributed by atoms with Gasteiger partial charge in [0.05, 0.1) is 7.11 Å². The van der Waals surface area contributed by atoms with E-state index >= 15 is 0 Å². The molecule has 180 valence electrons. The number of nitrogens with one attached hydrogen (secondary N) is 1. The molecule has 1 unspecified atom stereocenters. The van der Waals surface area contributed by atoms with Gasteiger partial charge in [-0.1, -0.05) is 24.3 Å². The van der Waals surface area contributed by atoms with Crippen LogP contribution in [0.15, 0.2) is 48.5 Å². The van der Waals surface area contributed by atoms with E-state index in [1.807, 2.05) is 47.1 Å². The van der Waals surface area contributed by atoms with Crippen LogP contribution in [0.3, 0.4) is 0 Å². The number of hydrogen-bond acceptors (Lipinski definition) is 4. The Morgan fingerprint density at radius 2 is 1.65 bits per heavy atom. The molecule has 2 fully saturated rings. The molecule has 4 rings (SSSR count). The second-order valence-corrected chi connectivity index (χ2v) is 9.16. The summed E-state index contributed by atoms with van der Waals surface area (Å²) in [4.78, 5) is 43.2. The minimum Gasteiger partial charge on any atom is -0.497 e. The van der Waals surface area contributed by atoms with Gasteiger partial charge < -0.3 is 19.9 Å². The highest BCUT2D eigenvalue weighted by Crippen LogP contribution is 2.26. The number of methoxy groups -OCH3 is 1. The van der Waals surface area contributed by atoms with Gasteiger partial charge in [0.25, 0.3) is 11.8 Å². The first kappa shape index (κ1) is 23.8. The monoisotopic (exact) mass is 463 g/mol. The van der Waals surface area contributed by atoms with Crippen molar-refractivity contribution in [2.45, 2.75) is 38.6 Å². The highest BCUT2D eigenvalue weighted by molar-refractivity contribution is 5.99. The molecule has 2 aromatic carbocycles. The van der Waals surface area contributed by atoms with E-state index < -0.39 is 6.04 Å². The molecule has 0 aromatic heterocycles. The highest BCUT2D eigenvalue weighted by Gasteiger charge is 2.37. The van der Waals surface area contributed by atoms with Gasteiger partial charge in [0, 0.05) is 37.3 Å². The van der Waals surface area contributed by atoms with E-state index in [0.717, 1.165) is 31.5 Å². The molecule has 1 N–H and O–H groups in total. The molecule has 0 aliphatic carbocycles. The topological polar surface area (TPSA) is 79.0 Å². The number of piperidine rings is 1. The van der Waals surface area contributed by atoms with Crippen molar-refractivity contribution in [3.8, 4) is 5.75 Å². The number of likely N-dealkylation sites (tertiary alicyclic amines) is 2. The lowest BCUT2D eigenvalue weighted by molar-refractivity contribution is -0.134. The standard InChI is InChI=1S/C27H33N3O4/c1-19-8-3-4-11-23(19)25(31)28-24(27(33)29-14-5-6-15-29)20-12-16-30(17-13-20)26(32)21-9-7-10-22(18-21)34-2/h3-4,7-11,18,20,24H,5-6,12-17H2,1-2H3,(H,28,31). The maximum absolute atomic E-state index is 13.4. The number of ether oxygens (including phenoxy) is 1. The lowest BCUT2D eigenvalue weighted by Gasteiger charge is -2.37. The third-order valence-corrected chi connectivity index (χ3v) is 6.97. The Hall–Kier alpha value is -3.35. The number of benzene rings is 2. The van der Waals surface area contributed by atoms with E-state index in [4.69, 9.17) is 4.74 Å². The van der Waals surface area contributed by atoms with E-state index in [-0.39, 0.29) is 23.6 Å². The van der Waals surface area contributed by atoms with Gasteiger partial charge in [-0.25, -0.2) is 0 Å². The Bertz CT molecular complexity index is 1040. The van der Waals surface area contributed by atoms with E-state index in [9.17, 15) is 14.4 Å². The van der Waals surface area contributed by atoms with Crippen molar-refractivity contribution in [3.05, 3.63) is 65.2 Å². The predicted molar refractivity (Wildman–Crippen MR) is 130 cm³/mol. The van der Waals surface area contributed by atoms with E-state index in [0.29, 0.717) is 42.8 Å². The molecular weight excluding hydrogens is 430 g/mol. The van der Waals surface area contributed by atoms with E-state index in [2.05, 4.69) is 5.32 Å². The van der Waals surface area contributed by atoms with Gasteiger partial charge in [-0.2, -0.15) is 0 Å². The third kappa shape index (κ3) is 5.24. The zero-order valence-corrected chi connectivity index (χ0v) is 20.0. The molecule has 0 radical (unpaired) electrons. The Balaban J connectivity index is 1.46. The summed E-state index contributed by atoms with van der Waals surface area (Å²) < 4.78 is 5.24. The molecule has 2 heterocycles. The van der Waals surface area contributed by atoms with Crippen molar-refractivity contribution in [1.82, 2.24) is 15.1 Å². The molecular formula is C27H33N3O4. The van der Waals surface area contributed by atoms with Gasteiger partial charge in [-0.05, 0) is 68.4 Å². The first-order chi connectivity index (χ1) is 16.5. The number of aryl methyl sites for hydroxylation is 1. The molecule has 0 saturated carbocycles. The molecule has 2 saturated heterocycles. The van der Waals surface area contributed by atoms with Crippen LogP contribution in [-0.4, -0.2) is 66.9 Å². The third-order valence-electron chi connectivity index (χ3n) is 6.97. The summed E-state index contributed by atoms with van der Waals surface area (Å²) >= 11 is 0. The van der Waals surface area contributed by atoms with E-state index in [1.54, 1.807) is 25.3 Å². The lowest BCUT2D eigenvalue weighted by atomic mass is 9.87. The van der Waals surface area contributed by atoms with Crippen LogP contribution in [0, 0.1) is 12.8 Å². The maximum Gasteiger partial charge on any atom is 0.253 e. The summed E-state index contributed by atoms with van der Waals surface area (Å²) in [6, 6.07) is 14.0. The summed E-state index contributed by atoms with van der Waals surface area (Å²) in [5, 5.41) is 3.06. The molecule has 2 aromatic rings. The fourth-order valence-electron chi connectivity index (χ4n) is 4.94. The molecule has 2 aliphatic heterocycles. The van der Waals surface area contributed by atoms with Crippen LogP contribution in [0.5, 0.6) is 5.75 Å². The number of carbonyl (C=O) groups is 3. The van der Waals surface area contributed by atoms with Gasteiger partial charge in [0.2, 0.25) is 5.91 Å². The molecule has 2 aliphatic rings. The highest BCUT2D eigenvalue weighted by atomic mass is 16.5. The van der Waals surface area contributed by atoms with Crippen molar-refractivity contribution >= 4 is 17.7 Å². The predicted octanol–water partition coefficient (Wildman–Crippen LogP) is 3.28. The minimum atomic E-state index is -0.584. The van der Waals surface area contributed by atoms with Crippen molar-refractivity contribution < 1.29 is 19.1 Å². The van der Waals surface area contributed by atoms with Gasteiger partial charge >= 0.3 is 0 Å². The maximum atomic E-state index is 13.4.